The number of rotatable bonds is 5. The van der Waals surface area contributed by atoms with Crippen molar-refractivity contribution in [2.45, 2.75) is 44.4 Å². The molecule has 0 spiro atoms. The topological polar surface area (TPSA) is 25.4 Å². The molecule has 0 saturated heterocycles. The summed E-state index contributed by atoms with van der Waals surface area (Å²) >= 11 is 0. The van der Waals surface area contributed by atoms with Crippen LogP contribution in [-0.4, -0.2) is 29.1 Å². The Morgan fingerprint density at radius 1 is 0.962 bits per heavy atom. The Kier molecular flexibility index (Phi) is 5.16. The van der Waals surface area contributed by atoms with Crippen molar-refractivity contribution in [1.29, 1.82) is 0 Å². The van der Waals surface area contributed by atoms with E-state index in [1.807, 2.05) is 18.5 Å². The van der Waals surface area contributed by atoms with E-state index in [0.717, 1.165) is 30.5 Å². The molecular formula is C23H26N2O. The lowest BCUT2D eigenvalue weighted by Crippen LogP contribution is -2.37. The number of hydrogen-bond donors (Lipinski definition) is 0. The highest BCUT2D eigenvalue weighted by atomic mass is 16.5. The molecule has 2 aromatic carbocycles. The zero-order valence-electron chi connectivity index (χ0n) is 15.3. The van der Waals surface area contributed by atoms with Crippen LogP contribution < -0.4 is 4.74 Å². The van der Waals surface area contributed by atoms with Gasteiger partial charge in [0.05, 0.1) is 6.10 Å². The first kappa shape index (κ1) is 17.0. The Bertz CT molecular complexity index is 841. The summed E-state index contributed by atoms with van der Waals surface area (Å²) in [6.07, 6.45) is 8.70. The van der Waals surface area contributed by atoms with Gasteiger partial charge in [-0.1, -0.05) is 30.3 Å². The minimum atomic E-state index is 0.329. The lowest BCUT2D eigenvalue weighted by molar-refractivity contribution is 0.0979. The second-order valence-corrected chi connectivity index (χ2v) is 7.33. The van der Waals surface area contributed by atoms with Gasteiger partial charge in [-0.25, -0.2) is 0 Å². The quantitative estimate of drug-likeness (QED) is 0.646. The largest absolute Gasteiger partial charge is 0.490 e. The van der Waals surface area contributed by atoms with Gasteiger partial charge in [-0.3, -0.25) is 9.88 Å². The van der Waals surface area contributed by atoms with Crippen LogP contribution in [0.5, 0.6) is 5.75 Å². The number of nitrogens with zero attached hydrogens (tertiary/aromatic N) is 2. The normalized spacial score (nSPS) is 20.4. The predicted molar refractivity (Wildman–Crippen MR) is 106 cm³/mol. The Hall–Kier alpha value is -2.39. The highest BCUT2D eigenvalue weighted by molar-refractivity contribution is 5.82. The first-order valence-electron chi connectivity index (χ1n) is 9.52. The molecule has 1 heterocycles. The SMILES string of the molecule is CN(Cc1ccccc1)[C@H]1CC[C@H](Oc2ccc3cnccc3c2)CC1. The van der Waals surface area contributed by atoms with Crippen molar-refractivity contribution < 1.29 is 4.74 Å². The van der Waals surface area contributed by atoms with E-state index in [0.29, 0.717) is 12.1 Å². The third kappa shape index (κ3) is 4.05. The molecular weight excluding hydrogens is 320 g/mol. The third-order valence-electron chi connectivity index (χ3n) is 5.46. The molecule has 0 unspecified atom stereocenters. The van der Waals surface area contributed by atoms with E-state index in [9.17, 15) is 0 Å². The Labute approximate surface area is 155 Å². The maximum atomic E-state index is 6.27. The number of fused-ring (bicyclic) bond motifs is 1. The Morgan fingerprint density at radius 2 is 1.77 bits per heavy atom. The second-order valence-electron chi connectivity index (χ2n) is 7.33. The first-order chi connectivity index (χ1) is 12.8. The van der Waals surface area contributed by atoms with Gasteiger partial charge < -0.3 is 4.74 Å². The van der Waals surface area contributed by atoms with E-state index in [-0.39, 0.29) is 0 Å². The number of pyridine rings is 1. The molecule has 1 aliphatic rings. The molecule has 0 atom stereocenters. The van der Waals surface area contributed by atoms with Crippen LogP contribution in [0.25, 0.3) is 10.8 Å². The van der Waals surface area contributed by atoms with Crippen LogP contribution >= 0.6 is 0 Å². The van der Waals surface area contributed by atoms with Gasteiger partial charge in [0.1, 0.15) is 5.75 Å². The van der Waals surface area contributed by atoms with E-state index >= 15 is 0 Å². The highest BCUT2D eigenvalue weighted by Crippen LogP contribution is 2.28. The number of ether oxygens (including phenoxy) is 1. The van der Waals surface area contributed by atoms with Crippen molar-refractivity contribution in [3.63, 3.8) is 0 Å². The van der Waals surface area contributed by atoms with Gasteiger partial charge in [-0.15, -0.1) is 0 Å². The smallest absolute Gasteiger partial charge is 0.120 e. The van der Waals surface area contributed by atoms with E-state index in [1.54, 1.807) is 0 Å². The van der Waals surface area contributed by atoms with Crippen LogP contribution in [0.15, 0.2) is 67.0 Å². The van der Waals surface area contributed by atoms with Gasteiger partial charge >= 0.3 is 0 Å². The van der Waals surface area contributed by atoms with Crippen LogP contribution in [0.2, 0.25) is 0 Å². The Balaban J connectivity index is 1.31. The molecule has 134 valence electrons. The summed E-state index contributed by atoms with van der Waals surface area (Å²) in [5, 5.41) is 2.35. The fourth-order valence-corrected chi connectivity index (χ4v) is 3.93. The average molecular weight is 346 g/mol. The third-order valence-corrected chi connectivity index (χ3v) is 5.46. The summed E-state index contributed by atoms with van der Waals surface area (Å²) in [6.45, 7) is 1.02. The summed E-state index contributed by atoms with van der Waals surface area (Å²) in [5.74, 6) is 0.977. The molecule has 3 heteroatoms. The molecule has 4 rings (SSSR count). The summed E-state index contributed by atoms with van der Waals surface area (Å²) < 4.78 is 6.27. The molecule has 26 heavy (non-hydrogen) atoms. The highest BCUT2D eigenvalue weighted by Gasteiger charge is 2.25. The van der Waals surface area contributed by atoms with Crippen molar-refractivity contribution in [3.8, 4) is 5.75 Å². The molecule has 0 N–H and O–H groups in total. The molecule has 0 amide bonds. The minimum Gasteiger partial charge on any atom is -0.490 e. The summed E-state index contributed by atoms with van der Waals surface area (Å²) in [6, 6.07) is 19.7. The van der Waals surface area contributed by atoms with Crippen molar-refractivity contribution in [3.05, 3.63) is 72.6 Å². The first-order valence-corrected chi connectivity index (χ1v) is 9.52. The van der Waals surface area contributed by atoms with Gasteiger partial charge in [0.2, 0.25) is 0 Å². The molecule has 0 aliphatic heterocycles. The van der Waals surface area contributed by atoms with E-state index in [1.165, 1.54) is 23.8 Å². The van der Waals surface area contributed by atoms with Gasteiger partial charge in [-0.05, 0) is 67.9 Å². The molecule has 1 fully saturated rings. The van der Waals surface area contributed by atoms with Crippen molar-refractivity contribution in [2.75, 3.05) is 7.05 Å². The van der Waals surface area contributed by atoms with Gasteiger partial charge in [0.25, 0.3) is 0 Å². The average Bonchev–Trinajstić information content (AvgIpc) is 2.69. The zero-order valence-corrected chi connectivity index (χ0v) is 15.3. The maximum Gasteiger partial charge on any atom is 0.120 e. The fourth-order valence-electron chi connectivity index (χ4n) is 3.93. The lowest BCUT2D eigenvalue weighted by atomic mass is 9.91. The summed E-state index contributed by atoms with van der Waals surface area (Å²) in [7, 11) is 2.25. The molecule has 3 aromatic rings. The number of hydrogen-bond acceptors (Lipinski definition) is 3. The summed E-state index contributed by atoms with van der Waals surface area (Å²) in [5.41, 5.74) is 1.39. The van der Waals surface area contributed by atoms with E-state index < -0.39 is 0 Å². The lowest BCUT2D eigenvalue weighted by Gasteiger charge is -2.34. The molecule has 1 aliphatic carbocycles. The van der Waals surface area contributed by atoms with Crippen LogP contribution in [0.4, 0.5) is 0 Å². The standard InChI is InChI=1S/C23H26N2O/c1-25(17-18-5-3-2-4-6-18)21-8-11-22(12-9-21)26-23-10-7-20-16-24-14-13-19(20)15-23/h2-7,10,13-16,21-22H,8-9,11-12,17H2,1H3/t21-,22-. The monoisotopic (exact) mass is 346 g/mol. The molecule has 0 bridgehead atoms. The van der Waals surface area contributed by atoms with Crippen LogP contribution in [0, 0.1) is 0 Å². The molecule has 3 nitrogen and oxygen atoms in total. The second kappa shape index (κ2) is 7.88. The maximum absolute atomic E-state index is 6.27. The fraction of sp³-hybridized carbons (Fsp3) is 0.348. The zero-order chi connectivity index (χ0) is 17.8. The van der Waals surface area contributed by atoms with E-state index in [2.05, 4.69) is 65.5 Å². The molecule has 1 aromatic heterocycles. The van der Waals surface area contributed by atoms with Crippen LogP contribution in [0.3, 0.4) is 0 Å². The van der Waals surface area contributed by atoms with Gasteiger partial charge in [0.15, 0.2) is 0 Å². The van der Waals surface area contributed by atoms with Gasteiger partial charge in [-0.2, -0.15) is 0 Å². The van der Waals surface area contributed by atoms with Crippen molar-refractivity contribution in [1.82, 2.24) is 9.88 Å². The summed E-state index contributed by atoms with van der Waals surface area (Å²) in [4.78, 5) is 6.66. The van der Waals surface area contributed by atoms with Gasteiger partial charge in [0, 0.05) is 30.4 Å². The minimum absolute atomic E-state index is 0.329. The predicted octanol–water partition coefficient (Wildman–Crippen LogP) is 5.06. The number of aromatic nitrogens is 1. The van der Waals surface area contributed by atoms with E-state index in [4.69, 9.17) is 4.74 Å². The van der Waals surface area contributed by atoms with Crippen molar-refractivity contribution in [2.24, 2.45) is 0 Å². The molecule has 0 radical (unpaired) electrons. The Morgan fingerprint density at radius 3 is 2.58 bits per heavy atom. The number of benzene rings is 2. The van der Waals surface area contributed by atoms with Crippen molar-refractivity contribution >= 4 is 10.8 Å². The van der Waals surface area contributed by atoms with Crippen LogP contribution in [-0.2, 0) is 6.54 Å². The molecule has 1 saturated carbocycles. The van der Waals surface area contributed by atoms with Crippen LogP contribution in [0.1, 0.15) is 31.2 Å².